The first-order chi connectivity index (χ1) is 4.48. The lowest BCUT2D eigenvalue weighted by Gasteiger charge is -2.11. The average molecular weight is 156 g/mol. The zero-order valence-electron chi connectivity index (χ0n) is 7.23. The van der Waals surface area contributed by atoms with Crippen molar-refractivity contribution in [1.82, 2.24) is 0 Å². The smallest absolute Gasteiger partial charge is 0.0733 e. The quantitative estimate of drug-likeness (QED) is 0.604. The standard InChI is InChI=1S/C8H16OSi/c1-6-7(5-9)8(6)10(2,3)4/h7,9H,5H2,1-4H3/t7-/m1/s1. The third-order valence-corrected chi connectivity index (χ3v) is 4.56. The van der Waals surface area contributed by atoms with Crippen LogP contribution in [-0.4, -0.2) is 19.8 Å². The summed E-state index contributed by atoms with van der Waals surface area (Å²) in [7, 11) is -1.05. The van der Waals surface area contributed by atoms with E-state index in [2.05, 4.69) is 26.6 Å². The van der Waals surface area contributed by atoms with E-state index >= 15 is 0 Å². The monoisotopic (exact) mass is 156 g/mol. The minimum atomic E-state index is -1.05. The molecule has 10 heavy (non-hydrogen) atoms. The van der Waals surface area contributed by atoms with E-state index in [9.17, 15) is 0 Å². The Morgan fingerprint density at radius 1 is 1.40 bits per heavy atom. The molecule has 0 saturated heterocycles. The van der Waals surface area contributed by atoms with Crippen molar-refractivity contribution in [2.24, 2.45) is 5.92 Å². The van der Waals surface area contributed by atoms with Crippen LogP contribution in [0.1, 0.15) is 6.92 Å². The van der Waals surface area contributed by atoms with Gasteiger partial charge in [-0.05, 0) is 6.92 Å². The molecule has 0 fully saturated rings. The van der Waals surface area contributed by atoms with E-state index in [-0.39, 0.29) is 0 Å². The molecular formula is C8H16OSi. The maximum atomic E-state index is 8.89. The second-order valence-electron chi connectivity index (χ2n) is 4.08. The highest BCUT2D eigenvalue weighted by Gasteiger charge is 2.40. The Hall–Kier alpha value is -0.0831. The Kier molecular flexibility index (Phi) is 1.77. The fourth-order valence-corrected chi connectivity index (χ4v) is 4.37. The van der Waals surface area contributed by atoms with E-state index in [4.69, 9.17) is 5.11 Å². The SMILES string of the molecule is CC1=C([Si](C)(C)C)[C@@H]1CO. The molecule has 0 radical (unpaired) electrons. The Morgan fingerprint density at radius 3 is 2.00 bits per heavy atom. The van der Waals surface area contributed by atoms with E-state index in [1.54, 1.807) is 5.20 Å². The van der Waals surface area contributed by atoms with Crippen LogP contribution in [-0.2, 0) is 0 Å². The van der Waals surface area contributed by atoms with Crippen molar-refractivity contribution in [2.75, 3.05) is 6.61 Å². The molecule has 0 aromatic heterocycles. The number of aliphatic hydroxyl groups is 1. The molecular weight excluding hydrogens is 140 g/mol. The summed E-state index contributed by atoms with van der Waals surface area (Å²) in [4.78, 5) is 0. The molecule has 1 N–H and O–H groups in total. The van der Waals surface area contributed by atoms with Crippen molar-refractivity contribution in [3.63, 3.8) is 0 Å². The summed E-state index contributed by atoms with van der Waals surface area (Å²) in [5, 5.41) is 10.5. The third kappa shape index (κ3) is 1.18. The Balaban J connectivity index is 2.62. The van der Waals surface area contributed by atoms with Crippen LogP contribution in [0.5, 0.6) is 0 Å². The van der Waals surface area contributed by atoms with Crippen molar-refractivity contribution in [3.8, 4) is 0 Å². The summed E-state index contributed by atoms with van der Waals surface area (Å²) in [5.74, 6) is 0.478. The lowest BCUT2D eigenvalue weighted by molar-refractivity contribution is 0.282. The van der Waals surface area contributed by atoms with E-state index < -0.39 is 8.07 Å². The predicted molar refractivity (Wildman–Crippen MR) is 46.6 cm³/mol. The molecule has 1 nitrogen and oxygen atoms in total. The lowest BCUT2D eigenvalue weighted by Crippen LogP contribution is -2.20. The number of aliphatic hydroxyl groups excluding tert-OH is 1. The molecule has 1 atom stereocenters. The zero-order valence-corrected chi connectivity index (χ0v) is 8.23. The van der Waals surface area contributed by atoms with Crippen molar-refractivity contribution in [3.05, 3.63) is 10.8 Å². The second-order valence-corrected chi connectivity index (χ2v) is 9.12. The van der Waals surface area contributed by atoms with E-state index in [0.29, 0.717) is 12.5 Å². The van der Waals surface area contributed by atoms with Crippen molar-refractivity contribution < 1.29 is 5.11 Å². The summed E-state index contributed by atoms with van der Waals surface area (Å²) in [6.45, 7) is 9.49. The van der Waals surface area contributed by atoms with Gasteiger partial charge in [0.15, 0.2) is 0 Å². The van der Waals surface area contributed by atoms with Gasteiger partial charge in [-0.1, -0.05) is 30.4 Å². The summed E-state index contributed by atoms with van der Waals surface area (Å²) >= 11 is 0. The summed E-state index contributed by atoms with van der Waals surface area (Å²) < 4.78 is 0. The molecule has 1 rings (SSSR count). The number of hydrogen-bond acceptors (Lipinski definition) is 1. The number of hydrogen-bond donors (Lipinski definition) is 1. The van der Waals surface area contributed by atoms with Gasteiger partial charge in [-0.15, -0.1) is 0 Å². The van der Waals surface area contributed by atoms with Crippen LogP contribution in [0, 0.1) is 5.92 Å². The van der Waals surface area contributed by atoms with Gasteiger partial charge in [-0.25, -0.2) is 0 Å². The van der Waals surface area contributed by atoms with Crippen LogP contribution in [0.2, 0.25) is 19.6 Å². The first kappa shape index (κ1) is 8.02. The molecule has 0 aromatic rings. The van der Waals surface area contributed by atoms with Crippen LogP contribution in [0.3, 0.4) is 0 Å². The van der Waals surface area contributed by atoms with Crippen LogP contribution in [0.25, 0.3) is 0 Å². The lowest BCUT2D eigenvalue weighted by atomic mass is 10.3. The largest absolute Gasteiger partial charge is 0.395 e. The number of rotatable bonds is 2. The molecule has 2 heteroatoms. The van der Waals surface area contributed by atoms with Crippen LogP contribution < -0.4 is 0 Å². The van der Waals surface area contributed by atoms with Gasteiger partial charge in [0.05, 0.1) is 14.7 Å². The molecule has 0 amide bonds. The molecule has 0 spiro atoms. The summed E-state index contributed by atoms with van der Waals surface area (Å²) in [6.07, 6.45) is 0. The topological polar surface area (TPSA) is 20.2 Å². The first-order valence-corrected chi connectivity index (χ1v) is 7.30. The highest BCUT2D eigenvalue weighted by atomic mass is 28.3. The Bertz CT molecular complexity index is 176. The van der Waals surface area contributed by atoms with Gasteiger partial charge in [0.1, 0.15) is 0 Å². The molecule has 0 aromatic carbocycles. The Morgan fingerprint density at radius 2 is 1.90 bits per heavy atom. The molecule has 1 aliphatic carbocycles. The molecule has 0 heterocycles. The molecule has 0 aliphatic heterocycles. The van der Waals surface area contributed by atoms with Gasteiger partial charge in [0.25, 0.3) is 0 Å². The maximum absolute atomic E-state index is 8.89. The van der Waals surface area contributed by atoms with Gasteiger partial charge in [-0.3, -0.25) is 0 Å². The predicted octanol–water partition coefficient (Wildman–Crippen LogP) is 1.80. The van der Waals surface area contributed by atoms with Gasteiger partial charge in [0, 0.05) is 5.92 Å². The van der Waals surface area contributed by atoms with Crippen LogP contribution >= 0.6 is 0 Å². The third-order valence-electron chi connectivity index (χ3n) is 2.20. The molecule has 1 aliphatic rings. The van der Waals surface area contributed by atoms with Crippen LogP contribution in [0.15, 0.2) is 10.8 Å². The summed E-state index contributed by atoms with van der Waals surface area (Å²) in [5.41, 5.74) is 1.46. The fourth-order valence-electron chi connectivity index (χ4n) is 1.73. The van der Waals surface area contributed by atoms with E-state index in [0.717, 1.165) is 0 Å². The molecule has 0 unspecified atom stereocenters. The molecule has 0 bridgehead atoms. The second kappa shape index (κ2) is 2.21. The van der Waals surface area contributed by atoms with Crippen molar-refractivity contribution >= 4 is 8.07 Å². The van der Waals surface area contributed by atoms with Gasteiger partial charge in [-0.2, -0.15) is 0 Å². The van der Waals surface area contributed by atoms with E-state index in [1.807, 2.05) is 0 Å². The minimum absolute atomic E-state index is 0.339. The summed E-state index contributed by atoms with van der Waals surface area (Å²) in [6, 6.07) is 0. The molecule has 0 saturated carbocycles. The highest BCUT2D eigenvalue weighted by Crippen LogP contribution is 2.44. The zero-order chi connectivity index (χ0) is 7.94. The maximum Gasteiger partial charge on any atom is 0.0733 e. The normalized spacial score (nSPS) is 25.5. The first-order valence-electron chi connectivity index (χ1n) is 3.80. The molecule has 58 valence electrons. The minimum Gasteiger partial charge on any atom is -0.395 e. The Labute approximate surface area is 63.8 Å². The van der Waals surface area contributed by atoms with Crippen molar-refractivity contribution in [2.45, 2.75) is 26.6 Å². The highest BCUT2D eigenvalue weighted by molar-refractivity contribution is 6.84. The average Bonchev–Trinajstić information content (AvgIpc) is 2.39. The van der Waals surface area contributed by atoms with Gasteiger partial charge < -0.3 is 5.11 Å². The van der Waals surface area contributed by atoms with E-state index in [1.165, 1.54) is 5.57 Å². The van der Waals surface area contributed by atoms with Crippen LogP contribution in [0.4, 0.5) is 0 Å². The van der Waals surface area contributed by atoms with Crippen molar-refractivity contribution in [1.29, 1.82) is 0 Å². The van der Waals surface area contributed by atoms with Gasteiger partial charge in [0.2, 0.25) is 0 Å². The fraction of sp³-hybridized carbons (Fsp3) is 0.750. The van der Waals surface area contributed by atoms with Gasteiger partial charge >= 0.3 is 0 Å².